The first-order valence-electron chi connectivity index (χ1n) is 4.14. The fraction of sp³-hybridized carbons (Fsp3) is 0. The van der Waals surface area contributed by atoms with E-state index in [9.17, 15) is 5.21 Å². The molecule has 82 valence electrons. The molecule has 0 aromatic carbocycles. The average molecular weight is 237 g/mol. The smallest absolute Gasteiger partial charge is 0.184 e. The van der Waals surface area contributed by atoms with E-state index < -0.39 is 0 Å². The quantitative estimate of drug-likeness (QED) is 0.270. The van der Waals surface area contributed by atoms with Crippen LogP contribution in [0.2, 0.25) is 0 Å². The van der Waals surface area contributed by atoms with Gasteiger partial charge in [0.05, 0.1) is 6.21 Å². The van der Waals surface area contributed by atoms with E-state index in [1.54, 1.807) is 0 Å². The molecule has 8 nitrogen and oxygen atoms in total. The number of thiocarbonyl (C=S) groups is 1. The van der Waals surface area contributed by atoms with Crippen LogP contribution in [0.1, 0.15) is 5.69 Å². The third-order valence-electron chi connectivity index (χ3n) is 1.72. The van der Waals surface area contributed by atoms with Crippen molar-refractivity contribution in [2.24, 2.45) is 10.8 Å². The summed E-state index contributed by atoms with van der Waals surface area (Å²) in [6.45, 7) is 0. The van der Waals surface area contributed by atoms with Gasteiger partial charge >= 0.3 is 0 Å². The molecule has 0 saturated carbocycles. The second-order valence-corrected chi connectivity index (χ2v) is 3.19. The summed E-state index contributed by atoms with van der Waals surface area (Å²) in [6, 6.07) is 0. The first kappa shape index (κ1) is 10.2. The fourth-order valence-corrected chi connectivity index (χ4v) is 1.15. The van der Waals surface area contributed by atoms with E-state index in [0.29, 0.717) is 17.2 Å². The van der Waals surface area contributed by atoms with E-state index in [4.69, 9.17) is 5.73 Å². The first-order chi connectivity index (χ1) is 7.68. The topological polar surface area (TPSA) is 114 Å². The van der Waals surface area contributed by atoms with Crippen molar-refractivity contribution in [3.63, 3.8) is 0 Å². The van der Waals surface area contributed by atoms with Gasteiger partial charge in [0.15, 0.2) is 10.9 Å². The van der Waals surface area contributed by atoms with Crippen LogP contribution in [0.15, 0.2) is 17.8 Å². The summed E-state index contributed by atoms with van der Waals surface area (Å²) in [6.07, 6.45) is 3.85. The minimum atomic E-state index is 0.0274. The van der Waals surface area contributed by atoms with Crippen LogP contribution in [-0.2, 0) is 0 Å². The van der Waals surface area contributed by atoms with Gasteiger partial charge < -0.3 is 10.9 Å². The van der Waals surface area contributed by atoms with Crippen molar-refractivity contribution in [2.75, 3.05) is 0 Å². The summed E-state index contributed by atoms with van der Waals surface area (Å²) in [5.74, 6) is 0.419. The van der Waals surface area contributed by atoms with Gasteiger partial charge in [-0.3, -0.25) is 5.43 Å². The third-order valence-corrected chi connectivity index (χ3v) is 1.81. The molecule has 0 bridgehead atoms. The Kier molecular flexibility index (Phi) is 2.60. The van der Waals surface area contributed by atoms with Crippen LogP contribution in [0.25, 0.3) is 11.5 Å². The van der Waals surface area contributed by atoms with Gasteiger partial charge in [0.2, 0.25) is 0 Å². The highest BCUT2D eigenvalue weighted by atomic mass is 32.1. The van der Waals surface area contributed by atoms with Crippen LogP contribution < -0.4 is 11.2 Å². The molecule has 0 aromatic rings. The van der Waals surface area contributed by atoms with Crippen molar-refractivity contribution in [2.45, 2.75) is 0 Å². The number of fused-ring (bicyclic) bond motifs is 1. The molecule has 4 N–H and O–H groups in total. The number of aromatic nitrogens is 4. The van der Waals surface area contributed by atoms with Gasteiger partial charge in [0.1, 0.15) is 24.0 Å². The lowest BCUT2D eigenvalue weighted by atomic mass is 10.3. The molecule has 0 aromatic heterocycles. The molecule has 0 fully saturated rings. The Bertz CT molecular complexity index is 522. The molecule has 2 aliphatic rings. The van der Waals surface area contributed by atoms with E-state index in [0.717, 1.165) is 4.73 Å². The molecule has 16 heavy (non-hydrogen) atoms. The van der Waals surface area contributed by atoms with Crippen molar-refractivity contribution in [3.05, 3.63) is 18.3 Å². The Balaban J connectivity index is 2.36. The van der Waals surface area contributed by atoms with E-state index >= 15 is 0 Å². The summed E-state index contributed by atoms with van der Waals surface area (Å²) < 4.78 is 0.780. The summed E-state index contributed by atoms with van der Waals surface area (Å²) in [7, 11) is 0. The van der Waals surface area contributed by atoms with E-state index in [1.807, 2.05) is 0 Å². The predicted octanol–water partition coefficient (Wildman–Crippen LogP) is -0.818. The maximum Gasteiger partial charge on any atom is 0.184 e. The van der Waals surface area contributed by atoms with Crippen molar-refractivity contribution in [1.29, 1.82) is 0 Å². The summed E-state index contributed by atoms with van der Waals surface area (Å²) in [5, 5.41) is 13.2. The largest absolute Gasteiger partial charge is 0.427 e. The van der Waals surface area contributed by atoms with Crippen molar-refractivity contribution in [3.8, 4) is 11.5 Å². The fourth-order valence-electron chi connectivity index (χ4n) is 1.09. The molecule has 0 aliphatic carbocycles. The molecule has 2 heterocycles. The minimum Gasteiger partial charge on any atom is -0.427 e. The standard InChI is InChI=1S/C7H7N7OS/c8-7(16)13-12-1-4-5-6(10-2-9-5)11-3-14(4)15/h1-3,15H,(H3,8,13,16)/b12-1+. The SMILES string of the molecule is NC(=S)N/N=C/c1c2ncnc-2ncn1O. The van der Waals surface area contributed by atoms with Gasteiger partial charge in [-0.15, -0.1) is 0 Å². The molecule has 0 radical (unpaired) electrons. The van der Waals surface area contributed by atoms with Crippen LogP contribution in [0.4, 0.5) is 0 Å². The van der Waals surface area contributed by atoms with Gasteiger partial charge in [-0.2, -0.15) is 9.83 Å². The zero-order chi connectivity index (χ0) is 11.5. The number of imidazole rings is 1. The Labute approximate surface area is 95.1 Å². The highest BCUT2D eigenvalue weighted by molar-refractivity contribution is 7.80. The van der Waals surface area contributed by atoms with Crippen LogP contribution >= 0.6 is 12.2 Å². The Hall–Kier alpha value is -2.29. The lowest BCUT2D eigenvalue weighted by Crippen LogP contribution is -2.24. The Morgan fingerprint density at radius 2 is 2.38 bits per heavy atom. The summed E-state index contributed by atoms with van der Waals surface area (Å²) >= 11 is 4.57. The predicted molar refractivity (Wildman–Crippen MR) is 59.1 cm³/mol. The number of hydrogen-bond acceptors (Lipinski definition) is 6. The zero-order valence-corrected chi connectivity index (χ0v) is 8.72. The molecular weight excluding hydrogens is 230 g/mol. The summed E-state index contributed by atoms with van der Waals surface area (Å²) in [5.41, 5.74) is 8.30. The van der Waals surface area contributed by atoms with Crippen molar-refractivity contribution >= 4 is 23.5 Å². The molecule has 2 rings (SSSR count). The molecule has 0 unspecified atom stereocenters. The molecule has 9 heteroatoms. The zero-order valence-electron chi connectivity index (χ0n) is 7.90. The van der Waals surface area contributed by atoms with Crippen molar-refractivity contribution < 1.29 is 5.21 Å². The highest BCUT2D eigenvalue weighted by Crippen LogP contribution is 2.16. The minimum absolute atomic E-state index is 0.0274. The number of nitrogens with zero attached hydrogens (tertiary/aromatic N) is 5. The number of nitrogens with two attached hydrogens (primary N) is 1. The molecule has 0 amide bonds. The normalized spacial score (nSPS) is 11.0. The molecule has 2 aliphatic heterocycles. The van der Waals surface area contributed by atoms with Gasteiger partial charge in [0, 0.05) is 0 Å². The van der Waals surface area contributed by atoms with Gasteiger partial charge in [-0.05, 0) is 12.2 Å². The number of hydrazone groups is 1. The average Bonchev–Trinajstić information content (AvgIpc) is 2.69. The van der Waals surface area contributed by atoms with E-state index in [-0.39, 0.29) is 5.11 Å². The molecule has 0 atom stereocenters. The van der Waals surface area contributed by atoms with Crippen molar-refractivity contribution in [1.82, 2.24) is 25.1 Å². The Morgan fingerprint density at radius 1 is 1.56 bits per heavy atom. The second kappa shape index (κ2) is 4.06. The lowest BCUT2D eigenvalue weighted by Gasteiger charge is -2.04. The monoisotopic (exact) mass is 237 g/mol. The van der Waals surface area contributed by atoms with Gasteiger partial charge in [-0.25, -0.2) is 15.0 Å². The second-order valence-electron chi connectivity index (χ2n) is 2.75. The highest BCUT2D eigenvalue weighted by Gasteiger charge is 2.14. The van der Waals surface area contributed by atoms with E-state index in [2.05, 4.69) is 37.7 Å². The summed E-state index contributed by atoms with van der Waals surface area (Å²) in [4.78, 5) is 11.7. The number of hydrogen-bond donors (Lipinski definition) is 3. The molecular formula is C7H7N7OS. The van der Waals surface area contributed by atoms with Crippen LogP contribution in [0.3, 0.4) is 0 Å². The number of rotatable bonds is 2. The van der Waals surface area contributed by atoms with Crippen LogP contribution in [0, 0.1) is 0 Å². The lowest BCUT2D eigenvalue weighted by molar-refractivity contribution is 0.179. The first-order valence-corrected chi connectivity index (χ1v) is 4.55. The molecule has 0 spiro atoms. The van der Waals surface area contributed by atoms with Gasteiger partial charge in [-0.1, -0.05) is 0 Å². The van der Waals surface area contributed by atoms with Crippen LogP contribution in [-0.4, -0.2) is 36.2 Å². The van der Waals surface area contributed by atoms with E-state index in [1.165, 1.54) is 18.9 Å². The maximum absolute atomic E-state index is 9.50. The molecule has 0 saturated heterocycles. The maximum atomic E-state index is 9.50. The van der Waals surface area contributed by atoms with Gasteiger partial charge in [0.25, 0.3) is 0 Å². The number of nitrogens with one attached hydrogen (secondary N) is 1. The third kappa shape index (κ3) is 1.88. The Morgan fingerprint density at radius 3 is 3.12 bits per heavy atom. The van der Waals surface area contributed by atoms with Crippen LogP contribution in [0.5, 0.6) is 0 Å².